The summed E-state index contributed by atoms with van der Waals surface area (Å²) in [6.07, 6.45) is 5.40. The Morgan fingerprint density at radius 3 is 2.54 bits per heavy atom. The summed E-state index contributed by atoms with van der Waals surface area (Å²) in [6.45, 7) is 2.29. The van der Waals surface area contributed by atoms with Gasteiger partial charge in [-0.25, -0.2) is 8.78 Å². The van der Waals surface area contributed by atoms with Gasteiger partial charge in [-0.15, -0.1) is 0 Å². The lowest BCUT2D eigenvalue weighted by Gasteiger charge is -2.36. The van der Waals surface area contributed by atoms with E-state index < -0.39 is 28.7 Å². The second kappa shape index (κ2) is 10.7. The largest absolute Gasteiger partial charge is 0.480 e. The Balaban J connectivity index is 1.46. The summed E-state index contributed by atoms with van der Waals surface area (Å²) in [5.41, 5.74) is 1.64. The Hall–Kier alpha value is -3.00. The van der Waals surface area contributed by atoms with Crippen LogP contribution in [0.15, 0.2) is 42.5 Å². The number of rotatable bonds is 6. The van der Waals surface area contributed by atoms with Gasteiger partial charge in [0.25, 0.3) is 5.91 Å². The van der Waals surface area contributed by atoms with Crippen LogP contribution >= 0.6 is 11.6 Å². The van der Waals surface area contributed by atoms with Crippen LogP contribution in [0.2, 0.25) is 5.02 Å². The molecule has 3 N–H and O–H groups in total. The number of halogens is 3. The molecule has 0 bridgehead atoms. The van der Waals surface area contributed by atoms with Crippen LogP contribution in [0, 0.1) is 11.6 Å². The van der Waals surface area contributed by atoms with E-state index in [9.17, 15) is 9.90 Å². The second-order valence-corrected chi connectivity index (χ2v) is 12.4. The van der Waals surface area contributed by atoms with Crippen molar-refractivity contribution < 1.29 is 23.4 Å². The smallest absolute Gasteiger partial charge is 0.251 e. The highest BCUT2D eigenvalue weighted by Crippen LogP contribution is 2.51. The van der Waals surface area contributed by atoms with Crippen molar-refractivity contribution in [1.29, 1.82) is 0 Å². The minimum absolute atomic E-state index is 0.0284. The van der Waals surface area contributed by atoms with Gasteiger partial charge in [-0.3, -0.25) is 4.79 Å². The Labute approximate surface area is 244 Å². The van der Waals surface area contributed by atoms with Gasteiger partial charge in [-0.1, -0.05) is 41.9 Å². The molecular weight excluding hydrogens is 546 g/mol. The highest BCUT2D eigenvalue weighted by molar-refractivity contribution is 6.34. The molecule has 1 atom stereocenters. The van der Waals surface area contributed by atoms with E-state index in [2.05, 4.69) is 10.6 Å². The van der Waals surface area contributed by atoms with Gasteiger partial charge in [0.15, 0.2) is 5.60 Å². The zero-order valence-electron chi connectivity index (χ0n) is 23.4. The van der Waals surface area contributed by atoms with Crippen molar-refractivity contribution in [3.8, 4) is 16.9 Å². The van der Waals surface area contributed by atoms with Gasteiger partial charge in [0.05, 0.1) is 16.2 Å². The van der Waals surface area contributed by atoms with E-state index in [1.807, 2.05) is 37.3 Å². The summed E-state index contributed by atoms with van der Waals surface area (Å²) in [7, 11) is 1.49. The lowest BCUT2D eigenvalue weighted by atomic mass is 9.82. The van der Waals surface area contributed by atoms with Gasteiger partial charge >= 0.3 is 0 Å². The van der Waals surface area contributed by atoms with Crippen LogP contribution in [0.25, 0.3) is 11.1 Å². The number of aryl methyl sites for hydroxylation is 1. The molecule has 1 aliphatic heterocycles. The summed E-state index contributed by atoms with van der Waals surface area (Å²) >= 11 is 6.65. The average Bonchev–Trinajstić information content (AvgIpc) is 3.59. The van der Waals surface area contributed by atoms with Crippen molar-refractivity contribution in [2.24, 2.45) is 0 Å². The summed E-state index contributed by atoms with van der Waals surface area (Å²) < 4.78 is 38.4. The number of carbonyl (C=O) groups is 1. The molecule has 0 aromatic heterocycles. The SMILES string of the molecule is CNC(=O)c1cc2c(c(F)c1-c1c(Cl)c(F)cc3c1C[C@@](CNC1CCC(C)(O)CC1)(c1ccccc1)O3)CCC2. The standard InChI is InChI=1S/C33H35ClF2N2O3/c1-32(40)13-11-21(12-14-32)38-18-33(20-8-4-3-5-9-20)17-24-26(41-33)16-25(35)29(34)27(24)28-23(31(39)37-2)15-19-7-6-10-22(19)30(28)36/h3-5,8-9,15-16,21,38,40H,6-7,10-14,17-18H2,1-2H3,(H,37,39)/t21?,32?,33-/m1/s1. The molecule has 1 amide bonds. The highest BCUT2D eigenvalue weighted by Gasteiger charge is 2.45. The van der Waals surface area contributed by atoms with Crippen LogP contribution < -0.4 is 15.4 Å². The molecule has 216 valence electrons. The fraction of sp³-hybridized carbons (Fsp3) is 0.424. The normalized spacial score (nSPS) is 25.0. The van der Waals surface area contributed by atoms with Crippen LogP contribution in [0.1, 0.15) is 71.6 Å². The number of hydrogen-bond donors (Lipinski definition) is 3. The van der Waals surface area contributed by atoms with Crippen molar-refractivity contribution in [2.45, 2.75) is 75.5 Å². The Bertz CT molecular complexity index is 1500. The molecule has 8 heteroatoms. The Morgan fingerprint density at radius 2 is 1.83 bits per heavy atom. The number of carbonyl (C=O) groups excluding carboxylic acids is 1. The van der Waals surface area contributed by atoms with Crippen LogP contribution in [0.5, 0.6) is 5.75 Å². The third-order valence-corrected chi connectivity index (χ3v) is 9.52. The average molecular weight is 581 g/mol. The first-order valence-electron chi connectivity index (χ1n) is 14.4. The molecule has 3 aromatic carbocycles. The molecule has 41 heavy (non-hydrogen) atoms. The molecule has 1 saturated carbocycles. The van der Waals surface area contributed by atoms with Crippen molar-refractivity contribution in [2.75, 3.05) is 13.6 Å². The predicted molar refractivity (Wildman–Crippen MR) is 156 cm³/mol. The second-order valence-electron chi connectivity index (χ2n) is 12.0. The molecule has 0 saturated heterocycles. The van der Waals surface area contributed by atoms with E-state index in [-0.39, 0.29) is 27.8 Å². The lowest BCUT2D eigenvalue weighted by molar-refractivity contribution is 0.0104. The van der Waals surface area contributed by atoms with Crippen LogP contribution in [0.4, 0.5) is 8.78 Å². The maximum absolute atomic E-state index is 16.3. The van der Waals surface area contributed by atoms with Gasteiger partial charge in [0.1, 0.15) is 17.4 Å². The quantitative estimate of drug-likeness (QED) is 0.322. The van der Waals surface area contributed by atoms with E-state index in [1.165, 1.54) is 13.1 Å². The van der Waals surface area contributed by atoms with Gasteiger partial charge in [0, 0.05) is 48.8 Å². The van der Waals surface area contributed by atoms with E-state index in [0.717, 1.165) is 30.4 Å². The van der Waals surface area contributed by atoms with Crippen molar-refractivity contribution in [3.05, 3.63) is 86.9 Å². The minimum Gasteiger partial charge on any atom is -0.480 e. The predicted octanol–water partition coefficient (Wildman–Crippen LogP) is 6.25. The first-order valence-corrected chi connectivity index (χ1v) is 14.8. The van der Waals surface area contributed by atoms with E-state index in [0.29, 0.717) is 55.5 Å². The lowest BCUT2D eigenvalue weighted by Crippen LogP contribution is -2.48. The molecule has 1 heterocycles. The van der Waals surface area contributed by atoms with Crippen LogP contribution in [-0.4, -0.2) is 36.2 Å². The molecule has 0 radical (unpaired) electrons. The summed E-state index contributed by atoms with van der Waals surface area (Å²) in [5, 5.41) is 16.5. The van der Waals surface area contributed by atoms with E-state index in [1.54, 1.807) is 6.07 Å². The van der Waals surface area contributed by atoms with Gasteiger partial charge in [-0.05, 0) is 74.6 Å². The number of fused-ring (bicyclic) bond motifs is 2. The highest BCUT2D eigenvalue weighted by atomic mass is 35.5. The van der Waals surface area contributed by atoms with Crippen molar-refractivity contribution in [1.82, 2.24) is 10.6 Å². The van der Waals surface area contributed by atoms with E-state index >= 15 is 8.78 Å². The number of aliphatic hydroxyl groups is 1. The van der Waals surface area contributed by atoms with Crippen molar-refractivity contribution in [3.63, 3.8) is 0 Å². The number of benzene rings is 3. The number of hydrogen-bond acceptors (Lipinski definition) is 4. The topological polar surface area (TPSA) is 70.6 Å². The molecule has 5 nitrogen and oxygen atoms in total. The summed E-state index contributed by atoms with van der Waals surface area (Å²) in [6, 6.07) is 12.9. The first-order chi connectivity index (χ1) is 19.6. The molecule has 0 unspecified atom stereocenters. The fourth-order valence-corrected chi connectivity index (χ4v) is 7.07. The summed E-state index contributed by atoms with van der Waals surface area (Å²) in [4.78, 5) is 13.1. The number of ether oxygens (including phenoxy) is 1. The third kappa shape index (κ3) is 5.02. The first kappa shape index (κ1) is 28.1. The van der Waals surface area contributed by atoms with Gasteiger partial charge < -0.3 is 20.5 Å². The molecular formula is C33H35ClF2N2O3. The van der Waals surface area contributed by atoms with Gasteiger partial charge in [0.2, 0.25) is 0 Å². The molecule has 1 fully saturated rings. The van der Waals surface area contributed by atoms with E-state index in [4.69, 9.17) is 16.3 Å². The maximum Gasteiger partial charge on any atom is 0.251 e. The molecule has 2 aliphatic carbocycles. The minimum atomic E-state index is -0.907. The van der Waals surface area contributed by atoms with Gasteiger partial charge in [-0.2, -0.15) is 0 Å². The molecule has 0 spiro atoms. The molecule has 6 rings (SSSR count). The van der Waals surface area contributed by atoms with Crippen LogP contribution in [0.3, 0.4) is 0 Å². The third-order valence-electron chi connectivity index (χ3n) is 9.15. The van der Waals surface area contributed by atoms with Crippen LogP contribution in [-0.2, 0) is 24.9 Å². The number of amides is 1. The maximum atomic E-state index is 16.3. The molecule has 3 aliphatic rings. The number of nitrogens with one attached hydrogen (secondary N) is 2. The fourth-order valence-electron chi connectivity index (χ4n) is 6.81. The Morgan fingerprint density at radius 1 is 1.10 bits per heavy atom. The monoisotopic (exact) mass is 580 g/mol. The zero-order valence-corrected chi connectivity index (χ0v) is 24.1. The Kier molecular flexibility index (Phi) is 7.33. The van der Waals surface area contributed by atoms with Crippen molar-refractivity contribution >= 4 is 17.5 Å². The zero-order chi connectivity index (χ0) is 28.9. The summed E-state index contributed by atoms with van der Waals surface area (Å²) in [5.74, 6) is -1.40. The molecule has 3 aromatic rings.